The van der Waals surface area contributed by atoms with Gasteiger partial charge in [-0.25, -0.2) is 9.97 Å². The van der Waals surface area contributed by atoms with Crippen molar-refractivity contribution in [1.82, 2.24) is 14.9 Å². The molecule has 27 heavy (non-hydrogen) atoms. The molecule has 0 aliphatic carbocycles. The summed E-state index contributed by atoms with van der Waals surface area (Å²) in [5, 5.41) is 1.65. The van der Waals surface area contributed by atoms with Crippen LogP contribution in [0.1, 0.15) is 26.8 Å². The van der Waals surface area contributed by atoms with Crippen molar-refractivity contribution in [3.8, 4) is 0 Å². The van der Waals surface area contributed by atoms with Crippen molar-refractivity contribution in [2.45, 2.75) is 20.3 Å². The molecule has 0 fully saturated rings. The molecule has 146 valence electrons. The van der Waals surface area contributed by atoms with E-state index in [1.165, 1.54) is 11.3 Å². The standard InChI is InChI=1S/C18H21BrN4OS2.ClH/c1-11-16(25-12(2)20-11)17(24)23(9-5-8-22(3)4)18-21-14-7-6-13(19)10-15(14)26-18;/h6-7,10H,5,8-9H2,1-4H3;1H. The first-order chi connectivity index (χ1) is 12.3. The predicted octanol–water partition coefficient (Wildman–Crippen LogP) is 5.15. The molecule has 2 heterocycles. The molecule has 0 radical (unpaired) electrons. The van der Waals surface area contributed by atoms with Crippen LogP contribution in [0, 0.1) is 13.8 Å². The lowest BCUT2D eigenvalue weighted by molar-refractivity contribution is 0.0989. The van der Waals surface area contributed by atoms with Gasteiger partial charge in [0.05, 0.1) is 20.9 Å². The second-order valence-corrected chi connectivity index (χ2v) is 9.50. The van der Waals surface area contributed by atoms with Gasteiger partial charge in [-0.3, -0.25) is 9.69 Å². The first-order valence-electron chi connectivity index (χ1n) is 8.32. The summed E-state index contributed by atoms with van der Waals surface area (Å²) in [5.41, 5.74) is 1.70. The number of halogens is 2. The number of amides is 1. The lowest BCUT2D eigenvalue weighted by Crippen LogP contribution is -2.33. The Kier molecular flexibility index (Phi) is 7.76. The quantitative estimate of drug-likeness (QED) is 0.480. The molecule has 5 nitrogen and oxygen atoms in total. The van der Waals surface area contributed by atoms with Gasteiger partial charge in [-0.05, 0) is 59.1 Å². The highest BCUT2D eigenvalue weighted by Gasteiger charge is 2.24. The summed E-state index contributed by atoms with van der Waals surface area (Å²) >= 11 is 6.50. The Morgan fingerprint density at radius 2 is 1.89 bits per heavy atom. The third-order valence-electron chi connectivity index (χ3n) is 3.90. The van der Waals surface area contributed by atoms with Gasteiger partial charge >= 0.3 is 0 Å². The fourth-order valence-electron chi connectivity index (χ4n) is 2.68. The largest absolute Gasteiger partial charge is 0.309 e. The fraction of sp³-hybridized carbons (Fsp3) is 0.389. The Balaban J connectivity index is 0.00000261. The number of aryl methyl sites for hydroxylation is 2. The number of aromatic nitrogens is 2. The van der Waals surface area contributed by atoms with Gasteiger partial charge in [-0.2, -0.15) is 0 Å². The molecule has 3 aromatic rings. The SMILES string of the molecule is Cc1nc(C)c(C(=O)N(CCCN(C)C)c2nc3ccc(Br)cc3s2)s1.Cl. The van der Waals surface area contributed by atoms with E-state index in [4.69, 9.17) is 4.98 Å². The first kappa shape index (κ1) is 22.2. The van der Waals surface area contributed by atoms with Crippen molar-refractivity contribution >= 4 is 72.3 Å². The van der Waals surface area contributed by atoms with Crippen LogP contribution in [-0.2, 0) is 0 Å². The van der Waals surface area contributed by atoms with E-state index >= 15 is 0 Å². The van der Waals surface area contributed by atoms with E-state index in [0.717, 1.165) is 43.5 Å². The average molecular weight is 490 g/mol. The first-order valence-corrected chi connectivity index (χ1v) is 10.7. The van der Waals surface area contributed by atoms with Gasteiger partial charge in [0.25, 0.3) is 5.91 Å². The van der Waals surface area contributed by atoms with Gasteiger partial charge in [0.2, 0.25) is 0 Å². The molecular formula is C18H22BrClN4OS2. The van der Waals surface area contributed by atoms with E-state index < -0.39 is 0 Å². The van der Waals surface area contributed by atoms with E-state index in [2.05, 4.69) is 25.8 Å². The lowest BCUT2D eigenvalue weighted by Gasteiger charge is -2.20. The maximum absolute atomic E-state index is 13.2. The Morgan fingerprint density at radius 3 is 2.52 bits per heavy atom. The molecule has 0 bridgehead atoms. The van der Waals surface area contributed by atoms with Crippen LogP contribution in [0.3, 0.4) is 0 Å². The van der Waals surface area contributed by atoms with Gasteiger partial charge in [-0.15, -0.1) is 23.7 Å². The zero-order valence-corrected chi connectivity index (χ0v) is 19.7. The van der Waals surface area contributed by atoms with E-state index in [1.807, 2.05) is 51.0 Å². The Bertz CT molecular complexity index is 941. The zero-order valence-electron chi connectivity index (χ0n) is 15.7. The highest BCUT2D eigenvalue weighted by Crippen LogP contribution is 2.32. The normalized spacial score (nSPS) is 11.0. The van der Waals surface area contributed by atoms with Crippen LogP contribution < -0.4 is 4.90 Å². The molecule has 2 aromatic heterocycles. The number of hydrogen-bond acceptors (Lipinski definition) is 6. The van der Waals surface area contributed by atoms with Gasteiger partial charge < -0.3 is 4.90 Å². The number of thiazole rings is 2. The minimum absolute atomic E-state index is 0. The number of anilines is 1. The molecule has 0 spiro atoms. The second kappa shape index (κ2) is 9.43. The number of carbonyl (C=O) groups is 1. The molecule has 1 aromatic carbocycles. The number of hydrogen-bond donors (Lipinski definition) is 0. The third kappa shape index (κ3) is 5.26. The van der Waals surface area contributed by atoms with Gasteiger partial charge in [-0.1, -0.05) is 27.3 Å². The predicted molar refractivity (Wildman–Crippen MR) is 121 cm³/mol. The number of rotatable bonds is 6. The topological polar surface area (TPSA) is 49.3 Å². The minimum atomic E-state index is -0.00928. The van der Waals surface area contributed by atoms with Crippen molar-refractivity contribution in [3.05, 3.63) is 38.3 Å². The summed E-state index contributed by atoms with van der Waals surface area (Å²) in [4.78, 5) is 27.0. The smallest absolute Gasteiger partial charge is 0.272 e. The van der Waals surface area contributed by atoms with E-state index in [-0.39, 0.29) is 18.3 Å². The van der Waals surface area contributed by atoms with E-state index in [1.54, 1.807) is 11.3 Å². The maximum atomic E-state index is 13.2. The number of nitrogens with zero attached hydrogens (tertiary/aromatic N) is 4. The number of fused-ring (bicyclic) bond motifs is 1. The minimum Gasteiger partial charge on any atom is -0.309 e. The summed E-state index contributed by atoms with van der Waals surface area (Å²) in [6.45, 7) is 5.37. The fourth-order valence-corrected chi connectivity index (χ4v) is 5.09. The highest BCUT2D eigenvalue weighted by atomic mass is 79.9. The average Bonchev–Trinajstić information content (AvgIpc) is 3.12. The van der Waals surface area contributed by atoms with Crippen molar-refractivity contribution < 1.29 is 4.79 Å². The Labute approximate surface area is 182 Å². The van der Waals surface area contributed by atoms with E-state index in [9.17, 15) is 4.79 Å². The van der Waals surface area contributed by atoms with Crippen LogP contribution in [0.4, 0.5) is 5.13 Å². The molecule has 3 rings (SSSR count). The zero-order chi connectivity index (χ0) is 18.8. The molecule has 0 saturated carbocycles. The monoisotopic (exact) mass is 488 g/mol. The lowest BCUT2D eigenvalue weighted by atomic mass is 10.3. The maximum Gasteiger partial charge on any atom is 0.272 e. The van der Waals surface area contributed by atoms with Crippen LogP contribution in [-0.4, -0.2) is 48.0 Å². The highest BCUT2D eigenvalue weighted by molar-refractivity contribution is 9.10. The molecule has 0 unspecified atom stereocenters. The second-order valence-electron chi connectivity index (χ2n) is 6.37. The summed E-state index contributed by atoms with van der Waals surface area (Å²) in [6, 6.07) is 5.99. The van der Waals surface area contributed by atoms with Gasteiger partial charge in [0.1, 0.15) is 4.88 Å². The van der Waals surface area contributed by atoms with E-state index in [0.29, 0.717) is 11.4 Å². The molecular weight excluding hydrogens is 468 g/mol. The Morgan fingerprint density at radius 1 is 1.15 bits per heavy atom. The van der Waals surface area contributed by atoms with Crippen LogP contribution in [0.5, 0.6) is 0 Å². The molecule has 1 amide bonds. The van der Waals surface area contributed by atoms with Crippen LogP contribution in [0.25, 0.3) is 10.2 Å². The van der Waals surface area contributed by atoms with Crippen molar-refractivity contribution in [3.63, 3.8) is 0 Å². The molecule has 0 saturated heterocycles. The molecule has 0 aliphatic heterocycles. The van der Waals surface area contributed by atoms with Gasteiger partial charge in [0, 0.05) is 11.0 Å². The molecule has 0 N–H and O–H groups in total. The molecule has 0 aliphatic rings. The van der Waals surface area contributed by atoms with Crippen LogP contribution in [0.2, 0.25) is 0 Å². The summed E-state index contributed by atoms with van der Waals surface area (Å²) in [6.07, 6.45) is 0.884. The van der Waals surface area contributed by atoms with Crippen LogP contribution in [0.15, 0.2) is 22.7 Å². The molecule has 9 heteroatoms. The van der Waals surface area contributed by atoms with Crippen molar-refractivity contribution in [2.24, 2.45) is 0 Å². The van der Waals surface area contributed by atoms with Crippen molar-refractivity contribution in [2.75, 3.05) is 32.1 Å². The Hall–Kier alpha value is -1.06. The van der Waals surface area contributed by atoms with Gasteiger partial charge in [0.15, 0.2) is 5.13 Å². The molecule has 0 atom stereocenters. The summed E-state index contributed by atoms with van der Waals surface area (Å²) in [7, 11) is 4.08. The number of carbonyl (C=O) groups excluding carboxylic acids is 1. The number of benzene rings is 1. The third-order valence-corrected chi connectivity index (χ3v) is 6.50. The summed E-state index contributed by atoms with van der Waals surface area (Å²) in [5.74, 6) is -0.00928. The van der Waals surface area contributed by atoms with Crippen molar-refractivity contribution in [1.29, 1.82) is 0 Å². The summed E-state index contributed by atoms with van der Waals surface area (Å²) < 4.78 is 2.08. The van der Waals surface area contributed by atoms with Crippen LogP contribution >= 0.6 is 51.0 Å².